The lowest BCUT2D eigenvalue weighted by molar-refractivity contribution is 0.0517. The molecular formula is C38H38N2O9. The van der Waals surface area contributed by atoms with Crippen LogP contribution in [0.15, 0.2) is 54.6 Å². The van der Waals surface area contributed by atoms with Gasteiger partial charge in [0.25, 0.3) is 0 Å². The van der Waals surface area contributed by atoms with Gasteiger partial charge in [0.1, 0.15) is 17.2 Å². The van der Waals surface area contributed by atoms with Crippen LogP contribution in [0.3, 0.4) is 0 Å². The molecule has 0 saturated heterocycles. The van der Waals surface area contributed by atoms with Gasteiger partial charge in [-0.3, -0.25) is 9.59 Å². The van der Waals surface area contributed by atoms with E-state index in [-0.39, 0.29) is 70.3 Å². The molecule has 5 rings (SSSR count). The van der Waals surface area contributed by atoms with Gasteiger partial charge in [-0.2, -0.15) is 0 Å². The van der Waals surface area contributed by atoms with Crippen LogP contribution < -0.4 is 15.4 Å². The van der Waals surface area contributed by atoms with Gasteiger partial charge in [-0.25, -0.2) is 9.59 Å². The van der Waals surface area contributed by atoms with Gasteiger partial charge in [0, 0.05) is 5.56 Å². The maximum atomic E-state index is 14.3. The van der Waals surface area contributed by atoms with Crippen molar-refractivity contribution in [3.8, 4) is 17.2 Å². The number of ketones is 2. The van der Waals surface area contributed by atoms with Crippen molar-refractivity contribution in [1.29, 1.82) is 0 Å². The van der Waals surface area contributed by atoms with Gasteiger partial charge in [-0.05, 0) is 75.6 Å². The highest BCUT2D eigenvalue weighted by Crippen LogP contribution is 2.48. The smallest absolute Gasteiger partial charge is 0.340 e. The van der Waals surface area contributed by atoms with Crippen LogP contribution in [0, 0.1) is 13.8 Å². The zero-order valence-electron chi connectivity index (χ0n) is 28.0. The second kappa shape index (κ2) is 14.5. The number of phenols is 2. The van der Waals surface area contributed by atoms with Crippen LogP contribution in [-0.4, -0.2) is 53.5 Å². The third-order valence-corrected chi connectivity index (χ3v) is 8.16. The molecule has 0 saturated carbocycles. The molecule has 0 fully saturated rings. The lowest BCUT2D eigenvalue weighted by Crippen LogP contribution is -2.24. The number of rotatable bonds is 12. The zero-order chi connectivity index (χ0) is 35.4. The molecule has 0 aliphatic heterocycles. The van der Waals surface area contributed by atoms with Crippen molar-refractivity contribution in [1.82, 2.24) is 0 Å². The van der Waals surface area contributed by atoms with Gasteiger partial charge >= 0.3 is 11.9 Å². The first-order chi connectivity index (χ1) is 23.5. The predicted molar refractivity (Wildman–Crippen MR) is 184 cm³/mol. The van der Waals surface area contributed by atoms with Crippen LogP contribution in [0.4, 0.5) is 22.7 Å². The van der Waals surface area contributed by atoms with Crippen LogP contribution in [0.25, 0.3) is 0 Å². The van der Waals surface area contributed by atoms with E-state index >= 15 is 0 Å². The Morgan fingerprint density at radius 1 is 0.694 bits per heavy atom. The van der Waals surface area contributed by atoms with Gasteiger partial charge < -0.3 is 35.1 Å². The second-order valence-electron chi connectivity index (χ2n) is 11.5. The number of anilines is 4. The number of unbranched alkanes of at least 4 members (excludes halogenated alkanes) is 1. The number of esters is 2. The third kappa shape index (κ3) is 6.52. The van der Waals surface area contributed by atoms with E-state index in [1.54, 1.807) is 64.1 Å². The predicted octanol–water partition coefficient (Wildman–Crippen LogP) is 7.51. The monoisotopic (exact) mass is 666 g/mol. The van der Waals surface area contributed by atoms with Crippen molar-refractivity contribution in [3.05, 3.63) is 99.1 Å². The maximum absolute atomic E-state index is 14.3. The quantitative estimate of drug-likeness (QED) is 0.0593. The van der Waals surface area contributed by atoms with Gasteiger partial charge in [0.15, 0.2) is 11.5 Å². The number of nitrogens with one attached hydrogen (secondary N) is 2. The molecule has 1 aliphatic carbocycles. The normalized spacial score (nSPS) is 11.8. The molecule has 11 nitrogen and oxygen atoms in total. The Balaban J connectivity index is 1.85. The summed E-state index contributed by atoms with van der Waals surface area (Å²) < 4.78 is 17.0. The van der Waals surface area contributed by atoms with E-state index in [1.807, 2.05) is 6.92 Å². The van der Waals surface area contributed by atoms with E-state index in [0.29, 0.717) is 28.9 Å². The van der Waals surface area contributed by atoms with Gasteiger partial charge in [-0.1, -0.05) is 37.6 Å². The van der Waals surface area contributed by atoms with Crippen molar-refractivity contribution in [2.45, 2.75) is 47.5 Å². The highest BCUT2D eigenvalue weighted by atomic mass is 16.5. The summed E-state index contributed by atoms with van der Waals surface area (Å²) in [5.74, 6) is -3.59. The number of hydrogen-bond acceptors (Lipinski definition) is 11. The fraction of sp³-hybridized carbons (Fsp3) is 0.263. The highest BCUT2D eigenvalue weighted by Gasteiger charge is 2.39. The largest absolute Gasteiger partial charge is 0.507 e. The molecule has 254 valence electrons. The first-order valence-electron chi connectivity index (χ1n) is 16.1. The fourth-order valence-corrected chi connectivity index (χ4v) is 5.73. The molecule has 4 aromatic carbocycles. The number of phenolic OH excluding ortho intramolecular Hbond substituents is 2. The molecule has 49 heavy (non-hydrogen) atoms. The Morgan fingerprint density at radius 2 is 1.22 bits per heavy atom. The summed E-state index contributed by atoms with van der Waals surface area (Å²) in [5.41, 5.74) is 1.96. The summed E-state index contributed by atoms with van der Waals surface area (Å²) in [7, 11) is 0. The fourth-order valence-electron chi connectivity index (χ4n) is 5.73. The SMILES string of the molecule is CCCCOc1c(Nc2c(C)cccc2C(=O)OCC)c(Nc2c(C)cccc2C(=O)OCC)cc2c1C(=O)c1c(O)ccc(O)c1C2=O. The van der Waals surface area contributed by atoms with Crippen LogP contribution >= 0.6 is 0 Å². The van der Waals surface area contributed by atoms with Crippen LogP contribution in [0.1, 0.15) is 97.3 Å². The standard InChI is InChI=1S/C38H38N2O9/c1-6-9-18-49-36-28-24(34(43)29-26(41)16-17-27(42)30(29)35(28)44)19-25(39-31-20(4)12-10-14-22(31)37(45)47-7-2)33(36)40-32-21(5)13-11-15-23(32)38(46)48-8-3/h10-17,19,39-42H,6-9,18H2,1-5H3. The number of ether oxygens (including phenoxy) is 3. The van der Waals surface area contributed by atoms with E-state index in [0.717, 1.165) is 18.6 Å². The molecule has 0 atom stereocenters. The average molecular weight is 667 g/mol. The summed E-state index contributed by atoms with van der Waals surface area (Å²) in [4.78, 5) is 54.6. The second-order valence-corrected chi connectivity index (χ2v) is 11.5. The summed E-state index contributed by atoms with van der Waals surface area (Å²) in [5, 5.41) is 28.0. The van der Waals surface area contributed by atoms with Crippen molar-refractivity contribution < 1.29 is 43.6 Å². The van der Waals surface area contributed by atoms with E-state index in [9.17, 15) is 29.4 Å². The number of aryl methyl sites for hydroxylation is 2. The molecule has 1 aliphatic rings. The van der Waals surface area contributed by atoms with Crippen molar-refractivity contribution in [2.75, 3.05) is 30.5 Å². The number of benzene rings is 4. The molecule has 4 N–H and O–H groups in total. The molecule has 0 aromatic heterocycles. The Morgan fingerprint density at radius 3 is 1.76 bits per heavy atom. The summed E-state index contributed by atoms with van der Waals surface area (Å²) in [6.07, 6.45) is 1.35. The Kier molecular flexibility index (Phi) is 10.2. The van der Waals surface area contributed by atoms with E-state index in [4.69, 9.17) is 14.2 Å². The maximum Gasteiger partial charge on any atom is 0.340 e. The Hall–Kier alpha value is -5.84. The lowest BCUT2D eigenvalue weighted by atomic mass is 9.81. The molecular weight excluding hydrogens is 628 g/mol. The van der Waals surface area contributed by atoms with Gasteiger partial charge in [0.2, 0.25) is 5.78 Å². The molecule has 0 heterocycles. The first kappa shape index (κ1) is 34.5. The number of hydrogen-bond donors (Lipinski definition) is 4. The van der Waals surface area contributed by atoms with E-state index in [1.165, 1.54) is 6.07 Å². The molecule has 0 unspecified atom stereocenters. The third-order valence-electron chi connectivity index (χ3n) is 8.16. The molecule has 0 spiro atoms. The molecule has 4 aromatic rings. The summed E-state index contributed by atoms with van der Waals surface area (Å²) in [6.45, 7) is 9.38. The number of aromatic hydroxyl groups is 2. The molecule has 11 heteroatoms. The zero-order valence-corrected chi connectivity index (χ0v) is 28.0. The average Bonchev–Trinajstić information content (AvgIpc) is 3.07. The number of para-hydroxylation sites is 2. The molecule has 0 bridgehead atoms. The van der Waals surface area contributed by atoms with Crippen molar-refractivity contribution in [2.24, 2.45) is 0 Å². The topological polar surface area (TPSA) is 160 Å². The number of fused-ring (bicyclic) bond motifs is 2. The Bertz CT molecular complexity index is 1980. The molecule has 0 radical (unpaired) electrons. The van der Waals surface area contributed by atoms with Gasteiger partial charge in [-0.15, -0.1) is 0 Å². The minimum atomic E-state index is -0.738. The van der Waals surface area contributed by atoms with Crippen LogP contribution in [0.2, 0.25) is 0 Å². The highest BCUT2D eigenvalue weighted by molar-refractivity contribution is 6.32. The van der Waals surface area contributed by atoms with Gasteiger partial charge in [0.05, 0.1) is 64.7 Å². The van der Waals surface area contributed by atoms with Crippen LogP contribution in [-0.2, 0) is 9.47 Å². The number of carbonyl (C=O) groups is 4. The minimum absolute atomic E-state index is 0.0236. The summed E-state index contributed by atoms with van der Waals surface area (Å²) in [6, 6.07) is 13.9. The number of carbonyl (C=O) groups excluding carboxylic acids is 4. The molecule has 0 amide bonds. The lowest BCUT2D eigenvalue weighted by Gasteiger charge is -2.27. The summed E-state index contributed by atoms with van der Waals surface area (Å²) >= 11 is 0. The van der Waals surface area contributed by atoms with Crippen molar-refractivity contribution >= 4 is 46.3 Å². The van der Waals surface area contributed by atoms with Crippen molar-refractivity contribution in [3.63, 3.8) is 0 Å². The Labute approximate surface area is 283 Å². The van der Waals surface area contributed by atoms with E-state index in [2.05, 4.69) is 10.6 Å². The first-order valence-corrected chi connectivity index (χ1v) is 16.1. The van der Waals surface area contributed by atoms with Crippen LogP contribution in [0.5, 0.6) is 17.2 Å². The minimum Gasteiger partial charge on any atom is -0.507 e. The van der Waals surface area contributed by atoms with E-state index < -0.39 is 35.0 Å².